The van der Waals surface area contributed by atoms with E-state index in [0.717, 1.165) is 47.9 Å². The van der Waals surface area contributed by atoms with Crippen LogP contribution in [0.2, 0.25) is 0 Å². The Hall–Kier alpha value is -2.36. The van der Waals surface area contributed by atoms with E-state index in [1.807, 2.05) is 24.3 Å². The van der Waals surface area contributed by atoms with Crippen LogP contribution in [0.5, 0.6) is 23.0 Å². The predicted octanol–water partition coefficient (Wildman–Crippen LogP) is 6.51. The number of aromatic hydroxyl groups is 2. The summed E-state index contributed by atoms with van der Waals surface area (Å²) in [7, 11) is 3.15. The largest absolute Gasteiger partial charge is 0.504 e. The van der Waals surface area contributed by atoms with Crippen LogP contribution in [0.3, 0.4) is 0 Å². The average molecular weight is 401 g/mol. The summed E-state index contributed by atoms with van der Waals surface area (Å²) in [5.74, 6) is 2.03. The van der Waals surface area contributed by atoms with E-state index in [1.165, 1.54) is 0 Å². The van der Waals surface area contributed by atoms with Crippen molar-refractivity contribution in [2.45, 2.75) is 71.6 Å². The zero-order chi connectivity index (χ0) is 21.6. The number of phenolic OH excluding ortho intramolecular Hbond substituents is 2. The summed E-state index contributed by atoms with van der Waals surface area (Å²) >= 11 is 0. The standard InChI is InChI=1S/C25H36O4/c1-7-16(8-2)18-11-20(24(26)22(14-18)28-5)13-21-12-19(17(9-3)10-4)15-23(29-6)25(21)27/h11-12,14-17,26-27H,7-10,13H2,1-6H3. The first-order valence-electron chi connectivity index (χ1n) is 10.7. The summed E-state index contributed by atoms with van der Waals surface area (Å²) in [5.41, 5.74) is 3.82. The smallest absolute Gasteiger partial charge is 0.161 e. The first-order valence-corrected chi connectivity index (χ1v) is 10.7. The molecular weight excluding hydrogens is 364 g/mol. The van der Waals surface area contributed by atoms with Gasteiger partial charge >= 0.3 is 0 Å². The minimum absolute atomic E-state index is 0.133. The van der Waals surface area contributed by atoms with E-state index in [0.29, 0.717) is 29.8 Å². The molecule has 4 nitrogen and oxygen atoms in total. The SMILES string of the molecule is CCC(CC)c1cc(Cc2cc(C(CC)CC)cc(OC)c2O)c(O)c(OC)c1. The van der Waals surface area contributed by atoms with Crippen LogP contribution in [0.1, 0.15) is 87.5 Å². The van der Waals surface area contributed by atoms with Crippen LogP contribution in [-0.4, -0.2) is 24.4 Å². The monoisotopic (exact) mass is 400 g/mol. The van der Waals surface area contributed by atoms with Crippen molar-refractivity contribution in [3.05, 3.63) is 46.5 Å². The van der Waals surface area contributed by atoms with E-state index in [9.17, 15) is 10.2 Å². The molecule has 2 N–H and O–H groups in total. The van der Waals surface area contributed by atoms with Crippen LogP contribution in [0, 0.1) is 0 Å². The van der Waals surface area contributed by atoms with Crippen LogP contribution in [-0.2, 0) is 6.42 Å². The van der Waals surface area contributed by atoms with Crippen molar-refractivity contribution in [2.75, 3.05) is 14.2 Å². The topological polar surface area (TPSA) is 58.9 Å². The van der Waals surface area contributed by atoms with Crippen molar-refractivity contribution in [2.24, 2.45) is 0 Å². The molecule has 0 spiro atoms. The van der Waals surface area contributed by atoms with Crippen molar-refractivity contribution in [3.8, 4) is 23.0 Å². The molecule has 160 valence electrons. The normalized spacial score (nSPS) is 11.3. The minimum Gasteiger partial charge on any atom is -0.504 e. The molecule has 0 bridgehead atoms. The van der Waals surface area contributed by atoms with Crippen molar-refractivity contribution in [1.29, 1.82) is 0 Å². The molecule has 29 heavy (non-hydrogen) atoms. The molecule has 0 atom stereocenters. The fraction of sp³-hybridized carbons (Fsp3) is 0.520. The molecule has 0 fully saturated rings. The van der Waals surface area contributed by atoms with E-state index < -0.39 is 0 Å². The molecule has 2 aromatic rings. The third kappa shape index (κ3) is 4.98. The van der Waals surface area contributed by atoms with E-state index >= 15 is 0 Å². The number of rotatable bonds is 10. The molecule has 0 heterocycles. The van der Waals surface area contributed by atoms with Gasteiger partial charge in [-0.25, -0.2) is 0 Å². The summed E-state index contributed by atoms with van der Waals surface area (Å²) in [6, 6.07) is 7.95. The molecule has 0 saturated heterocycles. The number of phenols is 2. The highest BCUT2D eigenvalue weighted by Gasteiger charge is 2.20. The van der Waals surface area contributed by atoms with Gasteiger partial charge in [0.05, 0.1) is 14.2 Å². The highest BCUT2D eigenvalue weighted by Crippen LogP contribution is 2.41. The van der Waals surface area contributed by atoms with Crippen LogP contribution in [0.25, 0.3) is 0 Å². The summed E-state index contributed by atoms with van der Waals surface area (Å²) in [5, 5.41) is 21.5. The Labute approximate surface area is 175 Å². The highest BCUT2D eigenvalue weighted by molar-refractivity contribution is 5.55. The fourth-order valence-corrected chi connectivity index (χ4v) is 4.16. The molecule has 0 radical (unpaired) electrons. The van der Waals surface area contributed by atoms with E-state index in [2.05, 4.69) is 27.7 Å². The van der Waals surface area contributed by atoms with Gasteiger partial charge in [0.15, 0.2) is 23.0 Å². The Morgan fingerprint density at radius 2 is 1.00 bits per heavy atom. The number of methoxy groups -OCH3 is 2. The molecule has 0 unspecified atom stereocenters. The predicted molar refractivity (Wildman–Crippen MR) is 119 cm³/mol. The van der Waals surface area contributed by atoms with Gasteiger partial charge < -0.3 is 19.7 Å². The molecule has 2 aromatic carbocycles. The van der Waals surface area contributed by atoms with Gasteiger partial charge in [0.1, 0.15) is 0 Å². The van der Waals surface area contributed by atoms with Gasteiger partial charge in [-0.05, 0) is 60.8 Å². The van der Waals surface area contributed by atoms with Gasteiger partial charge in [-0.2, -0.15) is 0 Å². The molecule has 4 heteroatoms. The Morgan fingerprint density at radius 3 is 1.28 bits per heavy atom. The first-order chi connectivity index (χ1) is 13.9. The number of ether oxygens (including phenoxy) is 2. The van der Waals surface area contributed by atoms with Crippen LogP contribution in [0.4, 0.5) is 0 Å². The molecule has 0 aliphatic carbocycles. The quantitative estimate of drug-likeness (QED) is 0.477. The van der Waals surface area contributed by atoms with Crippen molar-refractivity contribution < 1.29 is 19.7 Å². The fourth-order valence-electron chi connectivity index (χ4n) is 4.16. The highest BCUT2D eigenvalue weighted by atomic mass is 16.5. The average Bonchev–Trinajstić information content (AvgIpc) is 2.73. The molecule has 0 saturated carbocycles. The van der Waals surface area contributed by atoms with Gasteiger partial charge in [-0.3, -0.25) is 0 Å². The Kier molecular flexibility index (Phi) is 8.24. The lowest BCUT2D eigenvalue weighted by molar-refractivity contribution is 0.366. The molecular formula is C25H36O4. The van der Waals surface area contributed by atoms with E-state index in [-0.39, 0.29) is 11.5 Å². The molecule has 0 aliphatic rings. The maximum atomic E-state index is 10.8. The van der Waals surface area contributed by atoms with Crippen molar-refractivity contribution >= 4 is 0 Å². The Balaban J connectivity index is 2.57. The Morgan fingerprint density at radius 1 is 0.655 bits per heavy atom. The molecule has 0 aromatic heterocycles. The van der Waals surface area contributed by atoms with Crippen LogP contribution in [0.15, 0.2) is 24.3 Å². The zero-order valence-corrected chi connectivity index (χ0v) is 18.7. The van der Waals surface area contributed by atoms with Crippen LogP contribution < -0.4 is 9.47 Å². The second kappa shape index (κ2) is 10.4. The van der Waals surface area contributed by atoms with Gasteiger partial charge in [0, 0.05) is 17.5 Å². The molecule has 2 rings (SSSR count). The first kappa shape index (κ1) is 22.9. The molecule has 0 aliphatic heterocycles. The van der Waals surface area contributed by atoms with Gasteiger partial charge in [-0.1, -0.05) is 39.8 Å². The summed E-state index contributed by atoms with van der Waals surface area (Å²) in [6.07, 6.45) is 4.49. The molecule has 0 amide bonds. The zero-order valence-electron chi connectivity index (χ0n) is 18.7. The summed E-state index contributed by atoms with van der Waals surface area (Å²) in [6.45, 7) is 8.68. The maximum absolute atomic E-state index is 10.8. The summed E-state index contributed by atoms with van der Waals surface area (Å²) < 4.78 is 10.9. The van der Waals surface area contributed by atoms with E-state index in [1.54, 1.807) is 14.2 Å². The third-order valence-electron chi connectivity index (χ3n) is 6.09. The van der Waals surface area contributed by atoms with Gasteiger partial charge in [0.25, 0.3) is 0 Å². The number of hydrogen-bond donors (Lipinski definition) is 2. The van der Waals surface area contributed by atoms with Gasteiger partial charge in [-0.15, -0.1) is 0 Å². The Bertz CT molecular complexity index is 737. The second-order valence-corrected chi connectivity index (χ2v) is 7.67. The maximum Gasteiger partial charge on any atom is 0.161 e. The van der Waals surface area contributed by atoms with Crippen molar-refractivity contribution in [3.63, 3.8) is 0 Å². The lowest BCUT2D eigenvalue weighted by atomic mass is 9.88. The van der Waals surface area contributed by atoms with Gasteiger partial charge in [0.2, 0.25) is 0 Å². The summed E-state index contributed by atoms with van der Waals surface area (Å²) in [4.78, 5) is 0. The van der Waals surface area contributed by atoms with Crippen molar-refractivity contribution in [1.82, 2.24) is 0 Å². The van der Waals surface area contributed by atoms with E-state index in [4.69, 9.17) is 9.47 Å². The minimum atomic E-state index is 0.133. The second-order valence-electron chi connectivity index (χ2n) is 7.67. The van der Waals surface area contributed by atoms with Crippen LogP contribution >= 0.6 is 0 Å². The lowest BCUT2D eigenvalue weighted by Gasteiger charge is -2.20. The third-order valence-corrected chi connectivity index (χ3v) is 6.09. The number of hydrogen-bond acceptors (Lipinski definition) is 4. The lowest BCUT2D eigenvalue weighted by Crippen LogP contribution is -2.02. The number of benzene rings is 2.